The summed E-state index contributed by atoms with van der Waals surface area (Å²) in [4.78, 5) is 48.1. The molecule has 31 heavy (non-hydrogen) atoms. The van der Waals surface area contributed by atoms with Crippen LogP contribution in [0.15, 0.2) is 18.2 Å². The second-order valence-corrected chi connectivity index (χ2v) is 7.06. The molecule has 0 spiro atoms. The summed E-state index contributed by atoms with van der Waals surface area (Å²) in [6.07, 6.45) is 0. The quantitative estimate of drug-likeness (QED) is 0.436. The number of halogens is 2. The van der Waals surface area contributed by atoms with Crippen molar-refractivity contribution in [1.82, 2.24) is 0 Å². The molecule has 0 atom stereocenters. The van der Waals surface area contributed by atoms with E-state index in [9.17, 15) is 28.0 Å². The monoisotopic (exact) mass is 456 g/mol. The first-order valence-electron chi connectivity index (χ1n) is 8.66. The van der Waals surface area contributed by atoms with Crippen molar-refractivity contribution in [2.24, 2.45) is 5.73 Å². The number of carbonyl (C=O) groups is 4. The summed E-state index contributed by atoms with van der Waals surface area (Å²) in [6.45, 7) is 0.706. The second-order valence-electron chi connectivity index (χ2n) is 6.04. The molecular weight excluding hydrogens is 438 g/mol. The molecular formula is C19H18F2N2O7S. The fraction of sp³-hybridized carbons (Fsp3) is 0.263. The summed E-state index contributed by atoms with van der Waals surface area (Å²) in [6, 6.07) is 2.07. The number of nitrogens with two attached hydrogens (primary N) is 1. The van der Waals surface area contributed by atoms with E-state index in [1.807, 2.05) is 0 Å². The van der Waals surface area contributed by atoms with Crippen molar-refractivity contribution >= 4 is 40.1 Å². The number of hydrogen-bond donors (Lipinski definition) is 2. The van der Waals surface area contributed by atoms with Crippen molar-refractivity contribution in [2.45, 2.75) is 6.92 Å². The molecule has 0 aliphatic carbocycles. The van der Waals surface area contributed by atoms with Gasteiger partial charge in [-0.1, -0.05) is 0 Å². The normalized spacial score (nSPS) is 10.5. The zero-order valence-electron chi connectivity index (χ0n) is 16.5. The predicted octanol–water partition coefficient (Wildman–Crippen LogP) is 2.03. The van der Waals surface area contributed by atoms with E-state index in [1.165, 1.54) is 14.0 Å². The van der Waals surface area contributed by atoms with E-state index in [0.29, 0.717) is 6.07 Å². The maximum absolute atomic E-state index is 13.2. The molecule has 0 aliphatic rings. The Balaban J connectivity index is 2.12. The van der Waals surface area contributed by atoms with Crippen molar-refractivity contribution in [1.29, 1.82) is 0 Å². The van der Waals surface area contributed by atoms with E-state index < -0.39 is 47.6 Å². The molecule has 2 amide bonds. The third kappa shape index (κ3) is 6.30. The average Bonchev–Trinajstić information content (AvgIpc) is 3.01. The van der Waals surface area contributed by atoms with Crippen molar-refractivity contribution in [3.05, 3.63) is 51.4 Å². The molecule has 3 N–H and O–H groups in total. The zero-order valence-corrected chi connectivity index (χ0v) is 17.3. The van der Waals surface area contributed by atoms with Crippen molar-refractivity contribution in [3.63, 3.8) is 0 Å². The number of methoxy groups -OCH3 is 1. The number of rotatable bonds is 9. The summed E-state index contributed by atoms with van der Waals surface area (Å²) in [7, 11) is 1.42. The summed E-state index contributed by atoms with van der Waals surface area (Å²) in [5, 5.41) is 2.31. The average molecular weight is 456 g/mol. The molecule has 2 aromatic rings. The Kier molecular flexibility index (Phi) is 8.16. The van der Waals surface area contributed by atoms with Gasteiger partial charge in [0.1, 0.15) is 23.2 Å². The predicted molar refractivity (Wildman–Crippen MR) is 105 cm³/mol. The molecule has 2 rings (SSSR count). The second kappa shape index (κ2) is 10.6. The Labute approximate surface area is 179 Å². The van der Waals surface area contributed by atoms with Gasteiger partial charge in [-0.25, -0.2) is 18.4 Å². The first kappa shape index (κ1) is 23.9. The Bertz CT molecular complexity index is 1000. The summed E-state index contributed by atoms with van der Waals surface area (Å²) >= 11 is 0.746. The third-order valence-electron chi connectivity index (χ3n) is 3.78. The lowest BCUT2D eigenvalue weighted by Crippen LogP contribution is -2.22. The number of primary amides is 1. The molecule has 0 saturated heterocycles. The van der Waals surface area contributed by atoms with Crippen LogP contribution in [0.2, 0.25) is 0 Å². The highest BCUT2D eigenvalue weighted by Gasteiger charge is 2.26. The van der Waals surface area contributed by atoms with Crippen LogP contribution in [0.3, 0.4) is 0 Å². The van der Waals surface area contributed by atoms with E-state index >= 15 is 0 Å². The third-order valence-corrected chi connectivity index (χ3v) is 5.00. The summed E-state index contributed by atoms with van der Waals surface area (Å²) in [5.74, 6) is -5.60. The number of thiophene rings is 1. The number of benzene rings is 1. The van der Waals surface area contributed by atoms with E-state index in [1.54, 1.807) is 0 Å². The van der Waals surface area contributed by atoms with Crippen LogP contribution in [0, 0.1) is 18.6 Å². The Morgan fingerprint density at radius 2 is 1.68 bits per heavy atom. The molecule has 9 nitrogen and oxygen atoms in total. The van der Waals surface area contributed by atoms with Crippen LogP contribution in [-0.4, -0.2) is 50.7 Å². The molecule has 1 aromatic heterocycles. The fourth-order valence-electron chi connectivity index (χ4n) is 2.42. The Hall–Kier alpha value is -3.38. The Morgan fingerprint density at radius 3 is 2.26 bits per heavy atom. The van der Waals surface area contributed by atoms with Crippen molar-refractivity contribution < 1.29 is 42.2 Å². The minimum atomic E-state index is -1.13. The van der Waals surface area contributed by atoms with Crippen molar-refractivity contribution in [2.75, 3.05) is 32.2 Å². The first-order valence-corrected chi connectivity index (χ1v) is 9.48. The maximum Gasteiger partial charge on any atom is 0.341 e. The van der Waals surface area contributed by atoms with Gasteiger partial charge in [-0.15, -0.1) is 11.3 Å². The van der Waals surface area contributed by atoms with E-state index in [-0.39, 0.29) is 34.2 Å². The lowest BCUT2D eigenvalue weighted by Gasteiger charge is -2.09. The van der Waals surface area contributed by atoms with Crippen LogP contribution in [0.1, 0.15) is 36.0 Å². The number of amides is 2. The smallest absolute Gasteiger partial charge is 0.341 e. The van der Waals surface area contributed by atoms with E-state index in [4.69, 9.17) is 19.9 Å². The summed E-state index contributed by atoms with van der Waals surface area (Å²) in [5.41, 5.74) is 5.00. The lowest BCUT2D eigenvalue weighted by molar-refractivity contribution is -0.119. The minimum absolute atomic E-state index is 0.0289. The maximum atomic E-state index is 13.2. The highest BCUT2D eigenvalue weighted by molar-refractivity contribution is 7.18. The molecule has 0 bridgehead atoms. The van der Waals surface area contributed by atoms with Crippen LogP contribution in [-0.2, 0) is 19.0 Å². The topological polar surface area (TPSA) is 134 Å². The van der Waals surface area contributed by atoms with Gasteiger partial charge >= 0.3 is 11.9 Å². The van der Waals surface area contributed by atoms with Gasteiger partial charge in [0.2, 0.25) is 0 Å². The fourth-order valence-corrected chi connectivity index (χ4v) is 3.48. The molecule has 1 heterocycles. The highest BCUT2D eigenvalue weighted by Crippen LogP contribution is 2.33. The van der Waals surface area contributed by atoms with Gasteiger partial charge in [0, 0.05) is 13.2 Å². The van der Waals surface area contributed by atoms with Gasteiger partial charge < -0.3 is 25.3 Å². The highest BCUT2D eigenvalue weighted by atomic mass is 32.1. The minimum Gasteiger partial charge on any atom is -0.460 e. The van der Waals surface area contributed by atoms with Gasteiger partial charge in [-0.3, -0.25) is 9.59 Å². The standard InChI is InChI=1S/C19H18F2N2O7S/c1-9-14(19(27)29-4-3-28-2)17(31-15(9)16(22)25)23-13(24)8-30-18(26)10-5-11(20)7-12(21)6-10/h5-7H,3-4,8H2,1-2H3,(H2,22,25)(H,23,24). The number of esters is 2. The van der Waals surface area contributed by atoms with E-state index in [0.717, 1.165) is 23.5 Å². The first-order chi connectivity index (χ1) is 14.6. The molecule has 0 unspecified atom stereocenters. The van der Waals surface area contributed by atoms with Gasteiger partial charge in [-0.05, 0) is 24.6 Å². The molecule has 0 fully saturated rings. The zero-order chi connectivity index (χ0) is 23.1. The van der Waals surface area contributed by atoms with Crippen LogP contribution >= 0.6 is 11.3 Å². The number of ether oxygens (including phenoxy) is 3. The molecule has 0 radical (unpaired) electrons. The lowest BCUT2D eigenvalue weighted by atomic mass is 10.1. The number of carbonyl (C=O) groups excluding carboxylic acids is 4. The molecule has 1 aromatic carbocycles. The summed E-state index contributed by atoms with van der Waals surface area (Å²) < 4.78 is 40.9. The SMILES string of the molecule is COCCOC(=O)c1c(NC(=O)COC(=O)c2cc(F)cc(F)c2)sc(C(N)=O)c1C. The molecule has 0 aliphatic heterocycles. The van der Waals surface area contributed by atoms with Crippen LogP contribution in [0.4, 0.5) is 13.8 Å². The number of nitrogens with one attached hydrogen (secondary N) is 1. The molecule has 12 heteroatoms. The van der Waals surface area contributed by atoms with Crippen LogP contribution in [0.5, 0.6) is 0 Å². The number of anilines is 1. The Morgan fingerprint density at radius 1 is 1.03 bits per heavy atom. The van der Waals surface area contributed by atoms with Crippen LogP contribution in [0.25, 0.3) is 0 Å². The largest absolute Gasteiger partial charge is 0.460 e. The molecule has 166 valence electrons. The van der Waals surface area contributed by atoms with Crippen LogP contribution < -0.4 is 11.1 Å². The van der Waals surface area contributed by atoms with Gasteiger partial charge in [-0.2, -0.15) is 0 Å². The van der Waals surface area contributed by atoms with Gasteiger partial charge in [0.15, 0.2) is 6.61 Å². The van der Waals surface area contributed by atoms with Gasteiger partial charge in [0.25, 0.3) is 11.8 Å². The van der Waals surface area contributed by atoms with E-state index in [2.05, 4.69) is 5.32 Å². The number of hydrogen-bond acceptors (Lipinski definition) is 8. The molecule has 0 saturated carbocycles. The van der Waals surface area contributed by atoms with Crippen molar-refractivity contribution in [3.8, 4) is 0 Å². The van der Waals surface area contributed by atoms with Gasteiger partial charge in [0.05, 0.1) is 22.6 Å².